The van der Waals surface area contributed by atoms with Crippen molar-refractivity contribution in [1.29, 1.82) is 0 Å². The Labute approximate surface area is 76.4 Å². The van der Waals surface area contributed by atoms with Crippen LogP contribution < -0.4 is 5.73 Å². The normalized spacial score (nSPS) is 27.8. The molecule has 2 unspecified atom stereocenters. The van der Waals surface area contributed by atoms with Crippen LogP contribution in [0.5, 0.6) is 0 Å². The SMILES string of the molecule is Nc1ccncc1C1COCC1O. The Hall–Kier alpha value is -1.13. The van der Waals surface area contributed by atoms with E-state index in [0.29, 0.717) is 18.9 Å². The van der Waals surface area contributed by atoms with Crippen LogP contribution in [0.15, 0.2) is 18.5 Å². The Kier molecular flexibility index (Phi) is 2.16. The molecule has 4 heteroatoms. The first kappa shape index (κ1) is 8.47. The lowest BCUT2D eigenvalue weighted by Gasteiger charge is -2.13. The number of aliphatic hydroxyl groups excluding tert-OH is 1. The largest absolute Gasteiger partial charge is 0.398 e. The van der Waals surface area contributed by atoms with Crippen LogP contribution in [0.4, 0.5) is 5.69 Å². The van der Waals surface area contributed by atoms with E-state index in [9.17, 15) is 5.11 Å². The summed E-state index contributed by atoms with van der Waals surface area (Å²) in [6.45, 7) is 0.913. The molecule has 2 heterocycles. The summed E-state index contributed by atoms with van der Waals surface area (Å²) in [5.41, 5.74) is 7.31. The van der Waals surface area contributed by atoms with Gasteiger partial charge in [-0.05, 0) is 6.07 Å². The fourth-order valence-electron chi connectivity index (χ4n) is 1.57. The number of nitrogens with two attached hydrogens (primary N) is 1. The van der Waals surface area contributed by atoms with Crippen LogP contribution in [0.1, 0.15) is 11.5 Å². The van der Waals surface area contributed by atoms with E-state index < -0.39 is 6.10 Å². The smallest absolute Gasteiger partial charge is 0.0865 e. The molecular formula is C9H12N2O2. The molecular weight excluding hydrogens is 168 g/mol. The van der Waals surface area contributed by atoms with Gasteiger partial charge >= 0.3 is 0 Å². The maximum Gasteiger partial charge on any atom is 0.0865 e. The van der Waals surface area contributed by atoms with Crippen molar-refractivity contribution in [3.63, 3.8) is 0 Å². The first-order valence-corrected chi connectivity index (χ1v) is 4.24. The highest BCUT2D eigenvalue weighted by Crippen LogP contribution is 2.28. The number of hydrogen-bond acceptors (Lipinski definition) is 4. The van der Waals surface area contributed by atoms with Crippen LogP contribution >= 0.6 is 0 Å². The zero-order chi connectivity index (χ0) is 9.26. The van der Waals surface area contributed by atoms with E-state index in [1.54, 1.807) is 18.5 Å². The zero-order valence-corrected chi connectivity index (χ0v) is 7.18. The summed E-state index contributed by atoms with van der Waals surface area (Å²) in [6, 6.07) is 1.74. The highest BCUT2D eigenvalue weighted by molar-refractivity contribution is 5.47. The van der Waals surface area contributed by atoms with Gasteiger partial charge in [0.25, 0.3) is 0 Å². The molecule has 0 saturated carbocycles. The molecule has 1 saturated heterocycles. The first-order chi connectivity index (χ1) is 6.29. The minimum absolute atomic E-state index is 0.0197. The molecule has 1 aromatic heterocycles. The van der Waals surface area contributed by atoms with Crippen molar-refractivity contribution in [1.82, 2.24) is 4.98 Å². The number of hydrogen-bond donors (Lipinski definition) is 2. The summed E-state index contributed by atoms with van der Waals surface area (Å²) in [4.78, 5) is 3.98. The number of anilines is 1. The third-order valence-corrected chi connectivity index (χ3v) is 2.34. The first-order valence-electron chi connectivity index (χ1n) is 4.24. The number of ether oxygens (including phenoxy) is 1. The summed E-state index contributed by atoms with van der Waals surface area (Å²) in [7, 11) is 0. The molecule has 0 bridgehead atoms. The van der Waals surface area contributed by atoms with E-state index in [4.69, 9.17) is 10.5 Å². The molecule has 1 fully saturated rings. The van der Waals surface area contributed by atoms with Crippen LogP contribution in [0.3, 0.4) is 0 Å². The van der Waals surface area contributed by atoms with Crippen LogP contribution in [-0.4, -0.2) is 29.4 Å². The second-order valence-corrected chi connectivity index (χ2v) is 3.22. The van der Waals surface area contributed by atoms with E-state index in [2.05, 4.69) is 4.98 Å². The monoisotopic (exact) mass is 180 g/mol. The number of aromatic nitrogens is 1. The summed E-state index contributed by atoms with van der Waals surface area (Å²) >= 11 is 0. The summed E-state index contributed by atoms with van der Waals surface area (Å²) in [6.07, 6.45) is 2.88. The summed E-state index contributed by atoms with van der Waals surface area (Å²) in [5, 5.41) is 9.56. The number of pyridine rings is 1. The van der Waals surface area contributed by atoms with Gasteiger partial charge in [-0.2, -0.15) is 0 Å². The van der Waals surface area contributed by atoms with Gasteiger partial charge in [0.1, 0.15) is 0 Å². The number of rotatable bonds is 1. The second kappa shape index (κ2) is 3.32. The molecule has 0 spiro atoms. The molecule has 0 aliphatic carbocycles. The lowest BCUT2D eigenvalue weighted by Crippen LogP contribution is -2.17. The molecule has 3 N–H and O–H groups in total. The molecule has 1 aliphatic heterocycles. The van der Waals surface area contributed by atoms with Crippen LogP contribution in [-0.2, 0) is 4.74 Å². The van der Waals surface area contributed by atoms with Gasteiger partial charge in [0.05, 0.1) is 19.3 Å². The number of nitrogen functional groups attached to an aromatic ring is 1. The van der Waals surface area contributed by atoms with Gasteiger partial charge < -0.3 is 15.6 Å². The Balaban J connectivity index is 2.29. The minimum Gasteiger partial charge on any atom is -0.398 e. The van der Waals surface area contributed by atoms with Crippen molar-refractivity contribution in [2.45, 2.75) is 12.0 Å². The highest BCUT2D eigenvalue weighted by Gasteiger charge is 2.29. The maximum atomic E-state index is 9.56. The van der Waals surface area contributed by atoms with E-state index in [1.807, 2.05) is 0 Å². The average Bonchev–Trinajstić information content (AvgIpc) is 2.52. The van der Waals surface area contributed by atoms with Crippen LogP contribution in [0.25, 0.3) is 0 Å². The van der Waals surface area contributed by atoms with Crippen molar-refractivity contribution in [2.24, 2.45) is 0 Å². The number of nitrogens with zero attached hydrogens (tertiary/aromatic N) is 1. The third-order valence-electron chi connectivity index (χ3n) is 2.34. The van der Waals surface area contributed by atoms with Gasteiger partial charge in [0, 0.05) is 29.6 Å². The van der Waals surface area contributed by atoms with Crippen molar-refractivity contribution >= 4 is 5.69 Å². The van der Waals surface area contributed by atoms with Gasteiger partial charge in [-0.15, -0.1) is 0 Å². The highest BCUT2D eigenvalue weighted by atomic mass is 16.5. The van der Waals surface area contributed by atoms with Gasteiger partial charge in [-0.3, -0.25) is 4.98 Å². The van der Waals surface area contributed by atoms with E-state index in [0.717, 1.165) is 5.56 Å². The Morgan fingerprint density at radius 3 is 3.00 bits per heavy atom. The molecule has 1 aliphatic rings. The molecule has 0 aromatic carbocycles. The molecule has 1 aromatic rings. The van der Waals surface area contributed by atoms with Crippen LogP contribution in [0, 0.1) is 0 Å². The number of aliphatic hydroxyl groups is 1. The maximum absolute atomic E-state index is 9.56. The quantitative estimate of drug-likeness (QED) is 0.645. The van der Waals surface area contributed by atoms with Crippen LogP contribution in [0.2, 0.25) is 0 Å². The topological polar surface area (TPSA) is 68.4 Å². The minimum atomic E-state index is -0.452. The van der Waals surface area contributed by atoms with Crippen molar-refractivity contribution in [3.8, 4) is 0 Å². The van der Waals surface area contributed by atoms with Gasteiger partial charge in [0.2, 0.25) is 0 Å². The summed E-state index contributed by atoms with van der Waals surface area (Å²) in [5.74, 6) is -0.0197. The summed E-state index contributed by atoms with van der Waals surface area (Å²) < 4.78 is 5.15. The second-order valence-electron chi connectivity index (χ2n) is 3.22. The predicted molar refractivity (Wildman–Crippen MR) is 48.2 cm³/mol. The van der Waals surface area contributed by atoms with Crippen molar-refractivity contribution < 1.29 is 9.84 Å². The third kappa shape index (κ3) is 1.50. The fraction of sp³-hybridized carbons (Fsp3) is 0.444. The Bertz CT molecular complexity index is 303. The lowest BCUT2D eigenvalue weighted by atomic mass is 9.97. The van der Waals surface area contributed by atoms with Crippen molar-refractivity contribution in [2.75, 3.05) is 18.9 Å². The van der Waals surface area contributed by atoms with Gasteiger partial charge in [-0.25, -0.2) is 0 Å². The molecule has 4 nitrogen and oxygen atoms in total. The van der Waals surface area contributed by atoms with E-state index in [1.165, 1.54) is 0 Å². The van der Waals surface area contributed by atoms with E-state index >= 15 is 0 Å². The van der Waals surface area contributed by atoms with Gasteiger partial charge in [-0.1, -0.05) is 0 Å². The molecule has 2 rings (SSSR count). The molecule has 2 atom stereocenters. The van der Waals surface area contributed by atoms with E-state index in [-0.39, 0.29) is 5.92 Å². The molecule has 13 heavy (non-hydrogen) atoms. The average molecular weight is 180 g/mol. The zero-order valence-electron chi connectivity index (χ0n) is 7.18. The standard InChI is InChI=1S/C9H12N2O2/c10-8-1-2-11-3-6(8)7-4-13-5-9(7)12/h1-3,7,9,12H,4-5H2,(H2,10,11). The fourth-order valence-corrected chi connectivity index (χ4v) is 1.57. The molecule has 0 radical (unpaired) electrons. The molecule has 70 valence electrons. The molecule has 0 amide bonds. The lowest BCUT2D eigenvalue weighted by molar-refractivity contribution is 0.124. The van der Waals surface area contributed by atoms with Crippen molar-refractivity contribution in [3.05, 3.63) is 24.0 Å². The predicted octanol–water partition coefficient (Wildman–Crippen LogP) is 0.138. The Morgan fingerprint density at radius 2 is 2.38 bits per heavy atom. The Morgan fingerprint density at radius 1 is 1.54 bits per heavy atom. The van der Waals surface area contributed by atoms with Gasteiger partial charge in [0.15, 0.2) is 0 Å².